The third-order valence-corrected chi connectivity index (χ3v) is 5.32. The molecule has 0 saturated carbocycles. The van der Waals surface area contributed by atoms with Crippen LogP contribution in [0, 0.1) is 6.92 Å². The van der Waals surface area contributed by atoms with Gasteiger partial charge in [0.05, 0.1) is 12.1 Å². The highest BCUT2D eigenvalue weighted by atomic mass is 16.5. The summed E-state index contributed by atoms with van der Waals surface area (Å²) in [6.07, 6.45) is 5.47. The first kappa shape index (κ1) is 20.2. The third kappa shape index (κ3) is 3.99. The quantitative estimate of drug-likeness (QED) is 0.534. The second kappa shape index (κ2) is 8.22. The standard InChI is InChI=1S/C25H32N2O/c1-7-13-27-23-14-18(3)20(15-21(23)19(4)16-25(27,5)6)17-26-22-11-9-10-12-24(22)28-8-2/h9-12,14-17H,7-8,13H2,1-6H3. The number of ether oxygens (including phenoxy) is 1. The lowest BCUT2D eigenvalue weighted by Crippen LogP contribution is -2.45. The van der Waals surface area contributed by atoms with Crippen LogP contribution in [-0.2, 0) is 0 Å². The molecule has 0 amide bonds. The van der Waals surface area contributed by atoms with Crippen LogP contribution in [0.3, 0.4) is 0 Å². The predicted octanol–water partition coefficient (Wildman–Crippen LogP) is 6.56. The number of aliphatic imine (C=N–C) groups is 1. The van der Waals surface area contributed by atoms with E-state index < -0.39 is 0 Å². The smallest absolute Gasteiger partial charge is 0.144 e. The summed E-state index contributed by atoms with van der Waals surface area (Å²) in [5, 5.41) is 0. The number of hydrogen-bond donors (Lipinski definition) is 0. The lowest BCUT2D eigenvalue weighted by Gasteiger charge is -2.43. The molecule has 28 heavy (non-hydrogen) atoms. The number of benzene rings is 2. The molecule has 0 saturated heterocycles. The van der Waals surface area contributed by atoms with Crippen molar-refractivity contribution in [3.05, 3.63) is 59.2 Å². The number of allylic oxidation sites excluding steroid dienone is 1. The van der Waals surface area contributed by atoms with Crippen molar-refractivity contribution in [3.8, 4) is 5.75 Å². The van der Waals surface area contributed by atoms with E-state index in [1.54, 1.807) is 0 Å². The highest BCUT2D eigenvalue weighted by Crippen LogP contribution is 2.40. The topological polar surface area (TPSA) is 24.8 Å². The van der Waals surface area contributed by atoms with E-state index in [2.05, 4.69) is 57.7 Å². The molecular formula is C25H32N2O. The molecule has 1 heterocycles. The SMILES string of the molecule is CCCN1c2cc(C)c(C=Nc3ccccc3OCC)cc2C(C)=CC1(C)C. The molecule has 2 aromatic carbocycles. The number of rotatable bonds is 6. The van der Waals surface area contributed by atoms with Gasteiger partial charge in [-0.05, 0) is 82.0 Å². The number of anilines is 1. The summed E-state index contributed by atoms with van der Waals surface area (Å²) in [7, 11) is 0. The molecule has 0 aliphatic carbocycles. The third-order valence-electron chi connectivity index (χ3n) is 5.32. The Labute approximate surface area is 169 Å². The lowest BCUT2D eigenvalue weighted by atomic mass is 9.87. The molecule has 3 rings (SSSR count). The molecule has 3 nitrogen and oxygen atoms in total. The van der Waals surface area contributed by atoms with E-state index in [1.807, 2.05) is 37.4 Å². The number of fused-ring (bicyclic) bond motifs is 1. The number of para-hydroxylation sites is 2. The number of nitrogens with zero attached hydrogens (tertiary/aromatic N) is 2. The molecule has 0 N–H and O–H groups in total. The van der Waals surface area contributed by atoms with Gasteiger partial charge in [0.2, 0.25) is 0 Å². The molecule has 148 valence electrons. The first-order valence-corrected chi connectivity index (χ1v) is 10.3. The highest BCUT2D eigenvalue weighted by molar-refractivity contribution is 5.90. The minimum absolute atomic E-state index is 0.0333. The van der Waals surface area contributed by atoms with Gasteiger partial charge in [0, 0.05) is 24.0 Å². The van der Waals surface area contributed by atoms with Gasteiger partial charge in [-0.15, -0.1) is 0 Å². The Morgan fingerprint density at radius 1 is 1.11 bits per heavy atom. The van der Waals surface area contributed by atoms with Gasteiger partial charge in [0.1, 0.15) is 11.4 Å². The Kier molecular flexibility index (Phi) is 5.93. The summed E-state index contributed by atoms with van der Waals surface area (Å²) >= 11 is 0. The maximum Gasteiger partial charge on any atom is 0.144 e. The van der Waals surface area contributed by atoms with Crippen molar-refractivity contribution in [2.24, 2.45) is 4.99 Å². The molecule has 0 fully saturated rings. The molecule has 0 spiro atoms. The van der Waals surface area contributed by atoms with Gasteiger partial charge < -0.3 is 9.64 Å². The maximum absolute atomic E-state index is 5.70. The molecule has 1 aliphatic rings. The van der Waals surface area contributed by atoms with E-state index >= 15 is 0 Å². The zero-order valence-electron chi connectivity index (χ0n) is 18.0. The van der Waals surface area contributed by atoms with Crippen LogP contribution in [0.25, 0.3) is 5.57 Å². The fourth-order valence-corrected chi connectivity index (χ4v) is 4.00. The Bertz CT molecular complexity index is 909. The van der Waals surface area contributed by atoms with E-state index in [0.29, 0.717) is 6.61 Å². The molecule has 0 bridgehead atoms. The Morgan fingerprint density at radius 2 is 1.86 bits per heavy atom. The molecule has 2 aromatic rings. The predicted molar refractivity (Wildman–Crippen MR) is 121 cm³/mol. The van der Waals surface area contributed by atoms with Crippen molar-refractivity contribution in [2.75, 3.05) is 18.1 Å². The molecule has 0 aromatic heterocycles. The molecule has 0 radical (unpaired) electrons. The maximum atomic E-state index is 5.70. The van der Waals surface area contributed by atoms with E-state index in [9.17, 15) is 0 Å². The van der Waals surface area contributed by atoms with Crippen molar-refractivity contribution in [1.29, 1.82) is 0 Å². The van der Waals surface area contributed by atoms with Crippen LogP contribution in [0.4, 0.5) is 11.4 Å². The monoisotopic (exact) mass is 376 g/mol. The minimum Gasteiger partial charge on any atom is -0.492 e. The van der Waals surface area contributed by atoms with Crippen LogP contribution < -0.4 is 9.64 Å². The van der Waals surface area contributed by atoms with Gasteiger partial charge >= 0.3 is 0 Å². The van der Waals surface area contributed by atoms with E-state index in [-0.39, 0.29) is 5.54 Å². The highest BCUT2D eigenvalue weighted by Gasteiger charge is 2.31. The molecule has 0 unspecified atom stereocenters. The van der Waals surface area contributed by atoms with Crippen molar-refractivity contribution in [2.45, 2.75) is 53.5 Å². The average Bonchev–Trinajstić information content (AvgIpc) is 2.64. The first-order valence-electron chi connectivity index (χ1n) is 10.3. The van der Waals surface area contributed by atoms with Gasteiger partial charge in [0.15, 0.2) is 0 Å². The van der Waals surface area contributed by atoms with Gasteiger partial charge in [-0.25, -0.2) is 0 Å². The van der Waals surface area contributed by atoms with Crippen molar-refractivity contribution in [3.63, 3.8) is 0 Å². The summed E-state index contributed by atoms with van der Waals surface area (Å²) < 4.78 is 5.70. The van der Waals surface area contributed by atoms with Crippen LogP contribution in [0.1, 0.15) is 57.7 Å². The van der Waals surface area contributed by atoms with Crippen LogP contribution in [0.15, 0.2) is 47.5 Å². The summed E-state index contributed by atoms with van der Waals surface area (Å²) in [5.41, 5.74) is 7.25. The van der Waals surface area contributed by atoms with Crippen LogP contribution in [-0.4, -0.2) is 24.9 Å². The molecule has 3 heteroatoms. The van der Waals surface area contributed by atoms with Crippen LogP contribution >= 0.6 is 0 Å². The zero-order chi connectivity index (χ0) is 20.3. The Balaban J connectivity index is 2.01. The van der Waals surface area contributed by atoms with Crippen molar-refractivity contribution < 1.29 is 4.74 Å². The molecule has 1 aliphatic heterocycles. The number of hydrogen-bond acceptors (Lipinski definition) is 3. The minimum atomic E-state index is 0.0333. The second-order valence-corrected chi connectivity index (χ2v) is 8.02. The average molecular weight is 377 g/mol. The summed E-state index contributed by atoms with van der Waals surface area (Å²) in [6, 6.07) is 12.5. The summed E-state index contributed by atoms with van der Waals surface area (Å²) in [6.45, 7) is 14.9. The van der Waals surface area contributed by atoms with Crippen LogP contribution in [0.5, 0.6) is 5.75 Å². The number of aryl methyl sites for hydroxylation is 1. The van der Waals surface area contributed by atoms with Crippen molar-refractivity contribution in [1.82, 2.24) is 0 Å². The van der Waals surface area contributed by atoms with E-state index in [1.165, 1.54) is 22.4 Å². The zero-order valence-corrected chi connectivity index (χ0v) is 18.0. The lowest BCUT2D eigenvalue weighted by molar-refractivity contribution is 0.341. The largest absolute Gasteiger partial charge is 0.492 e. The Hall–Kier alpha value is -2.55. The van der Waals surface area contributed by atoms with Gasteiger partial charge in [-0.2, -0.15) is 0 Å². The van der Waals surface area contributed by atoms with Gasteiger partial charge in [-0.1, -0.05) is 25.1 Å². The summed E-state index contributed by atoms with van der Waals surface area (Å²) in [5.74, 6) is 0.823. The summed E-state index contributed by atoms with van der Waals surface area (Å²) in [4.78, 5) is 7.25. The fourth-order valence-electron chi connectivity index (χ4n) is 4.00. The molecule has 0 atom stereocenters. The van der Waals surface area contributed by atoms with Gasteiger partial charge in [-0.3, -0.25) is 4.99 Å². The normalized spacial score (nSPS) is 15.5. The first-order chi connectivity index (χ1) is 13.4. The van der Waals surface area contributed by atoms with Gasteiger partial charge in [0.25, 0.3) is 0 Å². The Morgan fingerprint density at radius 3 is 2.57 bits per heavy atom. The van der Waals surface area contributed by atoms with E-state index in [4.69, 9.17) is 9.73 Å². The second-order valence-electron chi connectivity index (χ2n) is 8.02. The molecular weight excluding hydrogens is 344 g/mol. The fraction of sp³-hybridized carbons (Fsp3) is 0.400. The van der Waals surface area contributed by atoms with Crippen molar-refractivity contribution >= 4 is 23.2 Å². The van der Waals surface area contributed by atoms with Crippen LogP contribution in [0.2, 0.25) is 0 Å². The van der Waals surface area contributed by atoms with E-state index in [0.717, 1.165) is 30.0 Å².